The van der Waals surface area contributed by atoms with Crippen LogP contribution in [0, 0.1) is 0 Å². The zero-order valence-electron chi connectivity index (χ0n) is 20.2. The summed E-state index contributed by atoms with van der Waals surface area (Å²) in [5.41, 5.74) is -0.778. The largest absolute Gasteiger partial charge is 0.450 e. The molecule has 3 amide bonds. The van der Waals surface area contributed by atoms with Crippen LogP contribution in [0.3, 0.4) is 0 Å². The van der Waals surface area contributed by atoms with E-state index in [2.05, 4.69) is 5.32 Å². The fourth-order valence-corrected chi connectivity index (χ4v) is 5.03. The van der Waals surface area contributed by atoms with Crippen molar-refractivity contribution in [1.29, 1.82) is 0 Å². The third-order valence-corrected chi connectivity index (χ3v) is 6.60. The molecule has 12 heteroatoms. The minimum atomic E-state index is -3.65. The molecule has 0 radical (unpaired) electrons. The molecular formula is C20H38N3O8P. The van der Waals surface area contributed by atoms with Crippen molar-refractivity contribution in [2.45, 2.75) is 66.2 Å². The highest BCUT2D eigenvalue weighted by Gasteiger charge is 2.39. The molecule has 1 rings (SSSR count). The Bertz CT molecular complexity index is 687. The Labute approximate surface area is 190 Å². The number of nitrogens with zero attached hydrogens (tertiary/aromatic N) is 2. The van der Waals surface area contributed by atoms with E-state index in [1.165, 1.54) is 4.90 Å². The molecule has 1 unspecified atom stereocenters. The Balaban J connectivity index is 3.04. The number of ether oxygens (including phenoxy) is 2. The molecular weight excluding hydrogens is 441 g/mol. The first kappa shape index (κ1) is 28.2. The van der Waals surface area contributed by atoms with Gasteiger partial charge in [0.15, 0.2) is 0 Å². The maximum atomic E-state index is 13.4. The molecule has 0 saturated carbocycles. The molecule has 0 spiro atoms. The van der Waals surface area contributed by atoms with E-state index >= 15 is 0 Å². The van der Waals surface area contributed by atoms with Crippen LogP contribution < -0.4 is 5.32 Å². The Kier molecular flexibility index (Phi) is 10.9. The van der Waals surface area contributed by atoms with Crippen LogP contribution in [0.5, 0.6) is 0 Å². The molecule has 1 saturated heterocycles. The van der Waals surface area contributed by atoms with Crippen molar-refractivity contribution in [2.24, 2.45) is 0 Å². The van der Waals surface area contributed by atoms with E-state index < -0.39 is 37.3 Å². The number of rotatable bonds is 9. The highest BCUT2D eigenvalue weighted by atomic mass is 31.2. The molecule has 1 N–H and O–H groups in total. The number of nitrogens with one attached hydrogen (secondary N) is 1. The summed E-state index contributed by atoms with van der Waals surface area (Å²) in [7, 11) is -3.65. The number of alkyl carbamates (subject to hydrolysis) is 1. The molecule has 1 heterocycles. The van der Waals surface area contributed by atoms with Crippen LogP contribution >= 0.6 is 7.60 Å². The second kappa shape index (κ2) is 12.4. The van der Waals surface area contributed by atoms with E-state index in [1.807, 2.05) is 0 Å². The minimum Gasteiger partial charge on any atom is -0.450 e. The summed E-state index contributed by atoms with van der Waals surface area (Å²) in [6.07, 6.45) is -1.59. The van der Waals surface area contributed by atoms with Gasteiger partial charge in [0.25, 0.3) is 0 Å². The second-order valence-corrected chi connectivity index (χ2v) is 10.5. The quantitative estimate of drug-likeness (QED) is 0.501. The van der Waals surface area contributed by atoms with Gasteiger partial charge in [0.2, 0.25) is 5.91 Å². The van der Waals surface area contributed by atoms with Crippen LogP contribution in [0.4, 0.5) is 9.59 Å². The van der Waals surface area contributed by atoms with Crippen molar-refractivity contribution in [3.63, 3.8) is 0 Å². The smallest absolute Gasteiger partial charge is 0.409 e. The standard InChI is InChI=1S/C20H38N3O8P/c1-8-28-19(26)22-11-12-23(15(4)13-22)17(24)16(21-18(25)31-20(5,6)7)14-32(27,29-9-2)30-10-3/h15-16H,8-14H2,1-7H3,(H,21,25)/t15?,16-/m0/s1. The SMILES string of the molecule is CCOC(=O)N1CCN(C(=O)[C@H](CP(=O)(OCC)OCC)NC(=O)OC(C)(C)C)C(C)C1. The number of hydrogen-bond donors (Lipinski definition) is 1. The van der Waals surface area contributed by atoms with Crippen LogP contribution in [-0.2, 0) is 27.9 Å². The predicted molar refractivity (Wildman–Crippen MR) is 119 cm³/mol. The molecule has 1 fully saturated rings. The molecule has 1 aliphatic heterocycles. The molecule has 0 aromatic rings. The van der Waals surface area contributed by atoms with Gasteiger partial charge in [-0.1, -0.05) is 0 Å². The summed E-state index contributed by atoms with van der Waals surface area (Å²) in [4.78, 5) is 40.9. The number of carbonyl (C=O) groups excluding carboxylic acids is 3. The summed E-state index contributed by atoms with van der Waals surface area (Å²) in [6.45, 7) is 13.3. The van der Waals surface area contributed by atoms with Crippen LogP contribution in [0.25, 0.3) is 0 Å². The van der Waals surface area contributed by atoms with Gasteiger partial charge in [-0.15, -0.1) is 0 Å². The van der Waals surface area contributed by atoms with Gasteiger partial charge in [-0.3, -0.25) is 9.36 Å². The van der Waals surface area contributed by atoms with Gasteiger partial charge in [0.05, 0.1) is 26.0 Å². The van der Waals surface area contributed by atoms with Gasteiger partial charge in [0.1, 0.15) is 11.6 Å². The molecule has 0 bridgehead atoms. The van der Waals surface area contributed by atoms with Crippen LogP contribution in [0.2, 0.25) is 0 Å². The lowest BCUT2D eigenvalue weighted by Gasteiger charge is -2.41. The lowest BCUT2D eigenvalue weighted by Crippen LogP contribution is -2.60. The predicted octanol–water partition coefficient (Wildman–Crippen LogP) is 2.84. The van der Waals surface area contributed by atoms with Gasteiger partial charge in [-0.2, -0.15) is 0 Å². The second-order valence-electron chi connectivity index (χ2n) is 8.35. The van der Waals surface area contributed by atoms with E-state index in [4.69, 9.17) is 18.5 Å². The number of amides is 3. The summed E-state index contributed by atoms with van der Waals surface area (Å²) >= 11 is 0. The van der Waals surface area contributed by atoms with Crippen LogP contribution in [0.1, 0.15) is 48.5 Å². The maximum absolute atomic E-state index is 13.4. The molecule has 186 valence electrons. The first-order valence-corrected chi connectivity index (χ1v) is 12.7. The van der Waals surface area contributed by atoms with Gasteiger partial charge >= 0.3 is 19.8 Å². The lowest BCUT2D eigenvalue weighted by molar-refractivity contribution is -0.137. The summed E-state index contributed by atoms with van der Waals surface area (Å²) in [6, 6.07) is -1.53. The first-order chi connectivity index (χ1) is 14.9. The number of piperazine rings is 1. The Morgan fingerprint density at radius 2 is 1.66 bits per heavy atom. The molecule has 0 aromatic carbocycles. The maximum Gasteiger partial charge on any atom is 0.409 e. The normalized spacial score (nSPS) is 18.2. The highest BCUT2D eigenvalue weighted by Crippen LogP contribution is 2.48. The third kappa shape index (κ3) is 8.96. The Morgan fingerprint density at radius 3 is 2.12 bits per heavy atom. The monoisotopic (exact) mass is 479 g/mol. The van der Waals surface area contributed by atoms with Crippen molar-refractivity contribution >= 4 is 25.7 Å². The van der Waals surface area contributed by atoms with Crippen molar-refractivity contribution in [3.8, 4) is 0 Å². The molecule has 0 aliphatic carbocycles. The van der Waals surface area contributed by atoms with E-state index in [0.717, 1.165) is 0 Å². The van der Waals surface area contributed by atoms with Crippen molar-refractivity contribution < 1.29 is 37.5 Å². The molecule has 1 aliphatic rings. The minimum absolute atomic E-state index is 0.124. The fraction of sp³-hybridized carbons (Fsp3) is 0.850. The van der Waals surface area contributed by atoms with E-state index in [9.17, 15) is 18.9 Å². The number of hydrogen-bond acceptors (Lipinski definition) is 8. The van der Waals surface area contributed by atoms with Gasteiger partial charge in [-0.25, -0.2) is 9.59 Å². The average Bonchev–Trinajstić information content (AvgIpc) is 2.66. The van der Waals surface area contributed by atoms with Crippen LogP contribution in [0.15, 0.2) is 0 Å². The lowest BCUT2D eigenvalue weighted by atomic mass is 10.1. The van der Waals surface area contributed by atoms with Gasteiger partial charge in [0, 0.05) is 25.7 Å². The molecule has 11 nitrogen and oxygen atoms in total. The summed E-state index contributed by atoms with van der Waals surface area (Å²) < 4.78 is 34.1. The summed E-state index contributed by atoms with van der Waals surface area (Å²) in [5, 5.41) is 2.53. The highest BCUT2D eigenvalue weighted by molar-refractivity contribution is 7.54. The van der Waals surface area contributed by atoms with Gasteiger partial charge < -0.3 is 33.6 Å². The van der Waals surface area contributed by atoms with E-state index in [1.54, 1.807) is 53.4 Å². The topological polar surface area (TPSA) is 124 Å². The molecule has 0 aromatic heterocycles. The Hall–Kier alpha value is -1.84. The number of carbonyl (C=O) groups is 3. The van der Waals surface area contributed by atoms with E-state index in [0.29, 0.717) is 0 Å². The zero-order valence-corrected chi connectivity index (χ0v) is 21.1. The average molecular weight is 480 g/mol. The first-order valence-electron chi connectivity index (χ1n) is 11.0. The van der Waals surface area contributed by atoms with Gasteiger partial charge in [-0.05, 0) is 48.5 Å². The van der Waals surface area contributed by atoms with Crippen molar-refractivity contribution in [2.75, 3.05) is 45.6 Å². The summed E-state index contributed by atoms with van der Waals surface area (Å²) in [5.74, 6) is -0.452. The van der Waals surface area contributed by atoms with Crippen molar-refractivity contribution in [3.05, 3.63) is 0 Å². The van der Waals surface area contributed by atoms with Crippen molar-refractivity contribution in [1.82, 2.24) is 15.1 Å². The third-order valence-electron chi connectivity index (χ3n) is 4.48. The molecule has 32 heavy (non-hydrogen) atoms. The fourth-order valence-electron chi connectivity index (χ4n) is 3.26. The van der Waals surface area contributed by atoms with Crippen LogP contribution in [-0.4, -0.2) is 91.2 Å². The zero-order chi connectivity index (χ0) is 24.5. The Morgan fingerprint density at radius 1 is 1.06 bits per heavy atom. The molecule has 2 atom stereocenters. The van der Waals surface area contributed by atoms with E-state index in [-0.39, 0.29) is 51.7 Å².